The van der Waals surface area contributed by atoms with Crippen molar-refractivity contribution < 1.29 is 27.4 Å². The molecule has 0 aliphatic rings. The molecule has 0 saturated heterocycles. The minimum Gasteiger partial charge on any atom is -0.468 e. The zero-order valence-electron chi connectivity index (χ0n) is 16.5. The number of pyridine rings is 1. The summed E-state index contributed by atoms with van der Waals surface area (Å²) in [6.45, 7) is 0. The second kappa shape index (κ2) is 8.26. The zero-order valence-corrected chi connectivity index (χ0v) is 16.5. The van der Waals surface area contributed by atoms with Crippen molar-refractivity contribution in [2.24, 2.45) is 0 Å². The standard InChI is InChI=1S/C24H18F3NO3/c1-30-23(29)20(13-15-7-3-2-4-8-15)22-19-14-16(31-24(25,26)27)11-12-17(19)18-9-5-6-10-21(18)28-22/h2-12,14,20H,13H2,1H3. The number of fused-ring (bicyclic) bond motifs is 3. The number of carbonyl (C=O) groups excluding carboxylic acids is 1. The molecule has 158 valence electrons. The normalized spacial score (nSPS) is 12.6. The van der Waals surface area contributed by atoms with Crippen LogP contribution in [0.5, 0.6) is 5.75 Å². The lowest BCUT2D eigenvalue weighted by molar-refractivity contribution is -0.274. The maximum absolute atomic E-state index is 12.8. The molecule has 0 aliphatic heterocycles. The fourth-order valence-electron chi connectivity index (χ4n) is 3.71. The van der Waals surface area contributed by atoms with Crippen molar-refractivity contribution in [3.05, 3.63) is 84.1 Å². The number of ether oxygens (including phenoxy) is 2. The van der Waals surface area contributed by atoms with E-state index in [1.54, 1.807) is 12.1 Å². The molecule has 0 saturated carbocycles. The van der Waals surface area contributed by atoms with Gasteiger partial charge in [0.05, 0.1) is 18.3 Å². The Labute approximate surface area is 176 Å². The van der Waals surface area contributed by atoms with E-state index < -0.39 is 18.2 Å². The smallest absolute Gasteiger partial charge is 0.468 e. The number of para-hydroxylation sites is 1. The number of carbonyl (C=O) groups is 1. The van der Waals surface area contributed by atoms with Crippen LogP contribution >= 0.6 is 0 Å². The first-order valence-electron chi connectivity index (χ1n) is 9.55. The number of hydrogen-bond acceptors (Lipinski definition) is 4. The third-order valence-corrected chi connectivity index (χ3v) is 5.03. The quantitative estimate of drug-likeness (QED) is 0.300. The lowest BCUT2D eigenvalue weighted by Crippen LogP contribution is -2.19. The number of nitrogens with zero attached hydrogens (tertiary/aromatic N) is 1. The highest BCUT2D eigenvalue weighted by Crippen LogP contribution is 2.36. The van der Waals surface area contributed by atoms with Crippen LogP contribution in [-0.4, -0.2) is 24.4 Å². The van der Waals surface area contributed by atoms with Crippen LogP contribution in [0.3, 0.4) is 0 Å². The number of rotatable bonds is 5. The minimum absolute atomic E-state index is 0.290. The average molecular weight is 425 g/mol. The molecule has 0 spiro atoms. The topological polar surface area (TPSA) is 48.4 Å². The Hall–Kier alpha value is -3.61. The molecule has 0 bridgehead atoms. The molecule has 3 aromatic carbocycles. The molecule has 0 amide bonds. The Morgan fingerprint density at radius 2 is 1.65 bits per heavy atom. The van der Waals surface area contributed by atoms with Gasteiger partial charge in [0.1, 0.15) is 11.7 Å². The van der Waals surface area contributed by atoms with E-state index in [4.69, 9.17) is 4.74 Å². The third kappa shape index (κ3) is 4.45. The predicted molar refractivity (Wildman–Crippen MR) is 111 cm³/mol. The lowest BCUT2D eigenvalue weighted by Gasteiger charge is -2.19. The second-order valence-corrected chi connectivity index (χ2v) is 7.03. The van der Waals surface area contributed by atoms with E-state index in [9.17, 15) is 18.0 Å². The number of esters is 1. The maximum Gasteiger partial charge on any atom is 0.573 e. The molecule has 31 heavy (non-hydrogen) atoms. The highest BCUT2D eigenvalue weighted by Gasteiger charge is 2.32. The molecule has 0 fully saturated rings. The van der Waals surface area contributed by atoms with Crippen LogP contribution in [0.15, 0.2) is 72.8 Å². The number of hydrogen-bond donors (Lipinski definition) is 0. The highest BCUT2D eigenvalue weighted by atomic mass is 19.4. The van der Waals surface area contributed by atoms with Crippen LogP contribution in [-0.2, 0) is 16.0 Å². The van der Waals surface area contributed by atoms with E-state index in [2.05, 4.69) is 9.72 Å². The number of alkyl halides is 3. The van der Waals surface area contributed by atoms with Crippen LogP contribution in [0.4, 0.5) is 13.2 Å². The Morgan fingerprint density at radius 3 is 2.35 bits per heavy atom. The number of aromatic nitrogens is 1. The van der Waals surface area contributed by atoms with Crippen LogP contribution < -0.4 is 4.74 Å². The van der Waals surface area contributed by atoms with E-state index >= 15 is 0 Å². The van der Waals surface area contributed by atoms with E-state index in [0.29, 0.717) is 22.0 Å². The van der Waals surface area contributed by atoms with Gasteiger partial charge in [0.15, 0.2) is 0 Å². The number of methoxy groups -OCH3 is 1. The molecule has 0 aliphatic carbocycles. The molecule has 0 radical (unpaired) electrons. The average Bonchev–Trinajstić information content (AvgIpc) is 2.76. The van der Waals surface area contributed by atoms with Crippen molar-refractivity contribution in [1.82, 2.24) is 4.98 Å². The summed E-state index contributed by atoms with van der Waals surface area (Å²) < 4.78 is 47.6. The Bertz CT molecular complexity index is 1240. The van der Waals surface area contributed by atoms with Gasteiger partial charge in [-0.05, 0) is 41.6 Å². The molecule has 7 heteroatoms. The van der Waals surface area contributed by atoms with E-state index in [0.717, 1.165) is 10.9 Å². The van der Waals surface area contributed by atoms with Crippen LogP contribution in [0.2, 0.25) is 0 Å². The molecule has 1 atom stereocenters. The van der Waals surface area contributed by atoms with Gasteiger partial charge in [-0.15, -0.1) is 13.2 Å². The largest absolute Gasteiger partial charge is 0.573 e. The molecule has 1 aromatic heterocycles. The molecule has 4 nitrogen and oxygen atoms in total. The van der Waals surface area contributed by atoms with E-state index in [-0.39, 0.29) is 12.2 Å². The molecule has 0 N–H and O–H groups in total. The minimum atomic E-state index is -4.83. The first-order chi connectivity index (χ1) is 14.9. The summed E-state index contributed by atoms with van der Waals surface area (Å²) in [4.78, 5) is 17.4. The summed E-state index contributed by atoms with van der Waals surface area (Å²) in [6, 6.07) is 20.7. The fourth-order valence-corrected chi connectivity index (χ4v) is 3.71. The summed E-state index contributed by atoms with van der Waals surface area (Å²) in [5, 5.41) is 1.85. The van der Waals surface area contributed by atoms with Crippen molar-refractivity contribution in [3.8, 4) is 5.75 Å². The van der Waals surface area contributed by atoms with Crippen molar-refractivity contribution in [3.63, 3.8) is 0 Å². The molecule has 4 rings (SSSR count). The molecule has 4 aromatic rings. The summed E-state index contributed by atoms with van der Waals surface area (Å²) in [6.07, 6.45) is -4.54. The summed E-state index contributed by atoms with van der Waals surface area (Å²) in [5.41, 5.74) is 1.86. The lowest BCUT2D eigenvalue weighted by atomic mass is 9.91. The number of benzene rings is 3. The Morgan fingerprint density at radius 1 is 0.935 bits per heavy atom. The third-order valence-electron chi connectivity index (χ3n) is 5.03. The second-order valence-electron chi connectivity index (χ2n) is 7.03. The highest BCUT2D eigenvalue weighted by molar-refractivity contribution is 6.08. The molecule has 1 heterocycles. The van der Waals surface area contributed by atoms with Gasteiger partial charge in [-0.25, -0.2) is 0 Å². The number of halogens is 3. The first kappa shape index (κ1) is 20.7. The van der Waals surface area contributed by atoms with Gasteiger partial charge in [-0.3, -0.25) is 9.78 Å². The van der Waals surface area contributed by atoms with E-state index in [1.165, 1.54) is 19.2 Å². The van der Waals surface area contributed by atoms with Gasteiger partial charge in [-0.2, -0.15) is 0 Å². The molecular weight excluding hydrogens is 407 g/mol. The maximum atomic E-state index is 12.8. The van der Waals surface area contributed by atoms with Gasteiger partial charge >= 0.3 is 12.3 Å². The van der Waals surface area contributed by atoms with Crippen molar-refractivity contribution in [2.75, 3.05) is 7.11 Å². The Kier molecular flexibility index (Phi) is 5.50. The van der Waals surface area contributed by atoms with Gasteiger partial charge in [0.25, 0.3) is 0 Å². The SMILES string of the molecule is COC(=O)C(Cc1ccccc1)c1nc2ccccc2c2ccc(OC(F)(F)F)cc12. The van der Waals surface area contributed by atoms with Gasteiger partial charge in [0, 0.05) is 10.8 Å². The van der Waals surface area contributed by atoms with Gasteiger partial charge < -0.3 is 9.47 Å². The van der Waals surface area contributed by atoms with Crippen molar-refractivity contribution >= 4 is 27.6 Å². The monoisotopic (exact) mass is 425 g/mol. The van der Waals surface area contributed by atoms with Gasteiger partial charge in [0.2, 0.25) is 0 Å². The first-order valence-corrected chi connectivity index (χ1v) is 9.55. The zero-order chi connectivity index (χ0) is 22.0. The molecule has 1 unspecified atom stereocenters. The fraction of sp³-hybridized carbons (Fsp3) is 0.167. The van der Waals surface area contributed by atoms with Crippen LogP contribution in [0, 0.1) is 0 Å². The Balaban J connectivity index is 1.95. The van der Waals surface area contributed by atoms with Crippen molar-refractivity contribution in [2.45, 2.75) is 18.7 Å². The van der Waals surface area contributed by atoms with Crippen molar-refractivity contribution in [1.29, 1.82) is 0 Å². The summed E-state index contributed by atoms with van der Waals surface area (Å²) in [5.74, 6) is -1.70. The molecular formula is C24H18F3NO3. The van der Waals surface area contributed by atoms with E-state index in [1.807, 2.05) is 48.5 Å². The summed E-state index contributed by atoms with van der Waals surface area (Å²) in [7, 11) is 1.28. The van der Waals surface area contributed by atoms with Crippen LogP contribution in [0.25, 0.3) is 21.7 Å². The van der Waals surface area contributed by atoms with Crippen LogP contribution in [0.1, 0.15) is 17.2 Å². The predicted octanol–water partition coefficient (Wildman–Crippen LogP) is 5.79. The van der Waals surface area contributed by atoms with Gasteiger partial charge in [-0.1, -0.05) is 48.5 Å². The summed E-state index contributed by atoms with van der Waals surface area (Å²) >= 11 is 0.